The SMILES string of the molecule is COc1ccc(N(C)S(=O)(=O)N(C)CCCO)cc1. The molecule has 6 nitrogen and oxygen atoms in total. The van der Waals surface area contributed by atoms with E-state index in [9.17, 15) is 8.42 Å². The van der Waals surface area contributed by atoms with Crippen LogP contribution in [0, 0.1) is 0 Å². The van der Waals surface area contributed by atoms with Crippen LogP contribution in [0.15, 0.2) is 24.3 Å². The normalized spacial score (nSPS) is 11.6. The number of benzene rings is 1. The Morgan fingerprint density at radius 3 is 2.26 bits per heavy atom. The molecule has 0 saturated heterocycles. The lowest BCUT2D eigenvalue weighted by atomic mass is 10.3. The number of ether oxygens (including phenoxy) is 1. The van der Waals surface area contributed by atoms with Crippen LogP contribution in [0.1, 0.15) is 6.42 Å². The van der Waals surface area contributed by atoms with Gasteiger partial charge in [0.25, 0.3) is 0 Å². The van der Waals surface area contributed by atoms with Gasteiger partial charge in [0, 0.05) is 27.2 Å². The molecule has 0 aliphatic rings. The number of hydrogen-bond acceptors (Lipinski definition) is 4. The zero-order valence-corrected chi connectivity index (χ0v) is 12.2. The van der Waals surface area contributed by atoms with E-state index in [-0.39, 0.29) is 13.2 Å². The van der Waals surface area contributed by atoms with Gasteiger partial charge in [0.2, 0.25) is 0 Å². The lowest BCUT2D eigenvalue weighted by Gasteiger charge is -2.25. The molecule has 0 amide bonds. The molecule has 0 atom stereocenters. The van der Waals surface area contributed by atoms with Crippen molar-refractivity contribution in [3.63, 3.8) is 0 Å². The van der Waals surface area contributed by atoms with Crippen LogP contribution in [-0.4, -0.2) is 52.2 Å². The molecule has 1 rings (SSSR count). The molecule has 19 heavy (non-hydrogen) atoms. The minimum absolute atomic E-state index is 0.0356. The second-order valence-electron chi connectivity index (χ2n) is 4.07. The average molecular weight is 288 g/mol. The lowest BCUT2D eigenvalue weighted by Crippen LogP contribution is -2.40. The minimum Gasteiger partial charge on any atom is -0.497 e. The summed E-state index contributed by atoms with van der Waals surface area (Å²) in [6, 6.07) is 6.76. The molecule has 108 valence electrons. The summed E-state index contributed by atoms with van der Waals surface area (Å²) in [5.41, 5.74) is 0.552. The Hall–Kier alpha value is -1.31. The van der Waals surface area contributed by atoms with Crippen molar-refractivity contribution in [2.24, 2.45) is 0 Å². The highest BCUT2D eigenvalue weighted by Gasteiger charge is 2.23. The van der Waals surface area contributed by atoms with Gasteiger partial charge in [-0.15, -0.1) is 0 Å². The molecule has 1 N–H and O–H groups in total. The van der Waals surface area contributed by atoms with Crippen molar-refractivity contribution in [3.05, 3.63) is 24.3 Å². The van der Waals surface area contributed by atoms with Crippen LogP contribution < -0.4 is 9.04 Å². The molecule has 0 heterocycles. The van der Waals surface area contributed by atoms with Crippen molar-refractivity contribution >= 4 is 15.9 Å². The summed E-state index contributed by atoms with van der Waals surface area (Å²) in [6.07, 6.45) is 0.409. The van der Waals surface area contributed by atoms with Gasteiger partial charge in [0.1, 0.15) is 5.75 Å². The molecular formula is C12H20N2O4S. The zero-order valence-electron chi connectivity index (χ0n) is 11.4. The third-order valence-corrected chi connectivity index (χ3v) is 4.68. The van der Waals surface area contributed by atoms with Crippen LogP contribution in [0.5, 0.6) is 5.75 Å². The molecular weight excluding hydrogens is 268 g/mol. The van der Waals surface area contributed by atoms with Crippen LogP contribution in [0.3, 0.4) is 0 Å². The number of hydrogen-bond donors (Lipinski definition) is 1. The Morgan fingerprint density at radius 2 is 1.79 bits per heavy atom. The molecule has 7 heteroatoms. The van der Waals surface area contributed by atoms with E-state index in [1.165, 1.54) is 22.7 Å². The maximum absolute atomic E-state index is 12.2. The van der Waals surface area contributed by atoms with Crippen LogP contribution in [0.4, 0.5) is 5.69 Å². The quantitative estimate of drug-likeness (QED) is 0.801. The van der Waals surface area contributed by atoms with Crippen molar-refractivity contribution in [3.8, 4) is 5.75 Å². The summed E-state index contributed by atoms with van der Waals surface area (Å²) >= 11 is 0. The van der Waals surface area contributed by atoms with E-state index in [1.807, 2.05) is 0 Å². The molecule has 0 spiro atoms. The Bertz CT molecular complexity index is 487. The van der Waals surface area contributed by atoms with Crippen molar-refractivity contribution in [1.82, 2.24) is 4.31 Å². The number of anilines is 1. The van der Waals surface area contributed by atoms with Gasteiger partial charge in [-0.3, -0.25) is 4.31 Å². The number of methoxy groups -OCH3 is 1. The van der Waals surface area contributed by atoms with E-state index >= 15 is 0 Å². The Morgan fingerprint density at radius 1 is 1.21 bits per heavy atom. The second kappa shape index (κ2) is 6.74. The fraction of sp³-hybridized carbons (Fsp3) is 0.500. The molecule has 0 fully saturated rings. The van der Waals surface area contributed by atoms with E-state index in [4.69, 9.17) is 9.84 Å². The summed E-state index contributed by atoms with van der Waals surface area (Å²) < 4.78 is 31.9. The Balaban J connectivity index is 2.87. The van der Waals surface area contributed by atoms with E-state index in [0.717, 1.165) is 0 Å². The van der Waals surface area contributed by atoms with Crippen molar-refractivity contribution in [2.75, 3.05) is 38.7 Å². The van der Waals surface area contributed by atoms with Gasteiger partial charge in [-0.25, -0.2) is 0 Å². The van der Waals surface area contributed by atoms with Crippen molar-refractivity contribution < 1.29 is 18.3 Å². The summed E-state index contributed by atoms with van der Waals surface area (Å²) in [7, 11) is 0.968. The summed E-state index contributed by atoms with van der Waals surface area (Å²) in [4.78, 5) is 0. The molecule has 0 radical (unpaired) electrons. The van der Waals surface area contributed by atoms with Gasteiger partial charge >= 0.3 is 10.2 Å². The monoisotopic (exact) mass is 288 g/mol. The maximum Gasteiger partial charge on any atom is 0.303 e. The first kappa shape index (κ1) is 15.7. The topological polar surface area (TPSA) is 70.1 Å². The largest absolute Gasteiger partial charge is 0.497 e. The molecule has 0 aliphatic carbocycles. The van der Waals surface area contributed by atoms with Gasteiger partial charge in [-0.1, -0.05) is 0 Å². The van der Waals surface area contributed by atoms with Crippen LogP contribution in [0.25, 0.3) is 0 Å². The number of aliphatic hydroxyl groups is 1. The van der Waals surface area contributed by atoms with Gasteiger partial charge < -0.3 is 9.84 Å². The molecule has 1 aromatic carbocycles. The average Bonchev–Trinajstić information content (AvgIpc) is 2.43. The molecule has 0 bridgehead atoms. The fourth-order valence-electron chi connectivity index (χ4n) is 1.54. The Kier molecular flexibility index (Phi) is 5.59. The molecule has 0 saturated carbocycles. The third-order valence-electron chi connectivity index (χ3n) is 2.81. The number of aliphatic hydroxyl groups excluding tert-OH is 1. The summed E-state index contributed by atoms with van der Waals surface area (Å²) in [6.45, 7) is 0.242. The first-order valence-corrected chi connectivity index (χ1v) is 7.28. The second-order valence-corrected chi connectivity index (χ2v) is 6.14. The first-order chi connectivity index (χ1) is 8.93. The van der Waals surface area contributed by atoms with Gasteiger partial charge in [-0.2, -0.15) is 12.7 Å². The minimum atomic E-state index is -3.57. The van der Waals surface area contributed by atoms with Crippen molar-refractivity contribution in [2.45, 2.75) is 6.42 Å². The third kappa shape index (κ3) is 3.82. The summed E-state index contributed by atoms with van der Waals surface area (Å²) in [5, 5.41) is 8.75. The molecule has 0 aromatic heterocycles. The van der Waals surface area contributed by atoms with E-state index in [2.05, 4.69) is 0 Å². The van der Waals surface area contributed by atoms with Crippen LogP contribution >= 0.6 is 0 Å². The maximum atomic E-state index is 12.2. The van der Waals surface area contributed by atoms with Gasteiger partial charge in [0.05, 0.1) is 12.8 Å². The molecule has 0 unspecified atom stereocenters. The first-order valence-electron chi connectivity index (χ1n) is 5.88. The highest BCUT2D eigenvalue weighted by atomic mass is 32.2. The highest BCUT2D eigenvalue weighted by Crippen LogP contribution is 2.21. The standard InChI is InChI=1S/C12H20N2O4S/c1-13(9-4-10-15)19(16,17)14(2)11-5-7-12(18-3)8-6-11/h5-8,15H,4,9-10H2,1-3H3. The van der Waals surface area contributed by atoms with E-state index < -0.39 is 10.2 Å². The van der Waals surface area contributed by atoms with E-state index in [0.29, 0.717) is 17.9 Å². The molecule has 0 aliphatic heterocycles. The Labute approximate surface area is 114 Å². The van der Waals surface area contributed by atoms with Crippen molar-refractivity contribution in [1.29, 1.82) is 0 Å². The predicted molar refractivity (Wildman–Crippen MR) is 74.6 cm³/mol. The fourth-order valence-corrected chi connectivity index (χ4v) is 2.71. The van der Waals surface area contributed by atoms with Crippen LogP contribution in [-0.2, 0) is 10.2 Å². The number of rotatable bonds is 7. The zero-order chi connectivity index (χ0) is 14.5. The highest BCUT2D eigenvalue weighted by molar-refractivity contribution is 7.90. The number of nitrogens with zero attached hydrogens (tertiary/aromatic N) is 2. The summed E-state index contributed by atoms with van der Waals surface area (Å²) in [5.74, 6) is 0.670. The van der Waals surface area contributed by atoms with E-state index in [1.54, 1.807) is 31.4 Å². The predicted octanol–water partition coefficient (Wildman–Crippen LogP) is 0.690. The molecule has 1 aromatic rings. The van der Waals surface area contributed by atoms with Gasteiger partial charge in [-0.05, 0) is 30.7 Å². The van der Waals surface area contributed by atoms with Crippen LogP contribution in [0.2, 0.25) is 0 Å². The smallest absolute Gasteiger partial charge is 0.303 e. The van der Waals surface area contributed by atoms with Gasteiger partial charge in [0.15, 0.2) is 0 Å². The lowest BCUT2D eigenvalue weighted by molar-refractivity contribution is 0.275.